The van der Waals surface area contributed by atoms with Crippen molar-refractivity contribution >= 4 is 0 Å². The van der Waals surface area contributed by atoms with Crippen molar-refractivity contribution in [3.05, 3.63) is 29.8 Å². The first-order chi connectivity index (χ1) is 9.29. The van der Waals surface area contributed by atoms with Crippen molar-refractivity contribution in [2.24, 2.45) is 0 Å². The molecule has 1 N–H and O–H groups in total. The molecule has 0 unspecified atom stereocenters. The number of hydrogen-bond donors (Lipinski definition) is 1. The van der Waals surface area contributed by atoms with E-state index in [0.29, 0.717) is 6.61 Å². The molecule has 0 aromatic heterocycles. The minimum absolute atomic E-state index is 0.290. The Labute approximate surface area is 115 Å². The molecule has 1 aliphatic rings. The molecule has 0 radical (unpaired) electrons. The Morgan fingerprint density at radius 3 is 3.05 bits per heavy atom. The van der Waals surface area contributed by atoms with Gasteiger partial charge in [-0.1, -0.05) is 18.2 Å². The molecule has 1 aromatic rings. The predicted octanol–water partition coefficient (Wildman–Crippen LogP) is 1.51. The molecule has 1 atom stereocenters. The summed E-state index contributed by atoms with van der Waals surface area (Å²) in [4.78, 5) is 2.31. The number of para-hydroxylation sites is 1. The summed E-state index contributed by atoms with van der Waals surface area (Å²) in [5, 5.41) is 3.46. The molecule has 19 heavy (non-hydrogen) atoms. The molecule has 1 aromatic carbocycles. The molecule has 0 bridgehead atoms. The topological polar surface area (TPSA) is 33.7 Å². The summed E-state index contributed by atoms with van der Waals surface area (Å²) in [7, 11) is 2.14. The van der Waals surface area contributed by atoms with E-state index in [4.69, 9.17) is 9.47 Å². The molecule has 0 spiro atoms. The zero-order chi connectivity index (χ0) is 13.5. The van der Waals surface area contributed by atoms with Gasteiger partial charge in [-0.05, 0) is 20.0 Å². The molecule has 4 nitrogen and oxygen atoms in total. The summed E-state index contributed by atoms with van der Waals surface area (Å²) in [6.07, 6.45) is 0.290. The lowest BCUT2D eigenvalue weighted by atomic mass is 10.2. The third-order valence-electron chi connectivity index (χ3n) is 3.30. The molecule has 2 rings (SSSR count). The highest BCUT2D eigenvalue weighted by molar-refractivity contribution is 5.33. The molecule has 0 saturated carbocycles. The van der Waals surface area contributed by atoms with Crippen LogP contribution >= 0.6 is 0 Å². The van der Waals surface area contributed by atoms with Gasteiger partial charge in [0.05, 0.1) is 19.3 Å². The Bertz CT molecular complexity index is 384. The highest BCUT2D eigenvalue weighted by atomic mass is 16.5. The van der Waals surface area contributed by atoms with Crippen LogP contribution in [0.15, 0.2) is 24.3 Å². The molecule has 1 aliphatic heterocycles. The zero-order valence-corrected chi connectivity index (χ0v) is 11.9. The van der Waals surface area contributed by atoms with Crippen LogP contribution in [-0.2, 0) is 11.3 Å². The van der Waals surface area contributed by atoms with E-state index in [-0.39, 0.29) is 6.10 Å². The zero-order valence-electron chi connectivity index (χ0n) is 11.9. The number of rotatable bonds is 6. The maximum absolute atomic E-state index is 5.73. The minimum atomic E-state index is 0.290. The third kappa shape index (κ3) is 4.49. The summed E-state index contributed by atoms with van der Waals surface area (Å²) in [6.45, 7) is 7.27. The maximum atomic E-state index is 5.73. The van der Waals surface area contributed by atoms with E-state index < -0.39 is 0 Å². The van der Waals surface area contributed by atoms with Gasteiger partial charge >= 0.3 is 0 Å². The summed E-state index contributed by atoms with van der Waals surface area (Å²) in [6, 6.07) is 8.18. The lowest BCUT2D eigenvalue weighted by Crippen LogP contribution is -2.44. The monoisotopic (exact) mass is 264 g/mol. The predicted molar refractivity (Wildman–Crippen MR) is 76.6 cm³/mol. The van der Waals surface area contributed by atoms with E-state index in [1.807, 2.05) is 25.1 Å². The van der Waals surface area contributed by atoms with Gasteiger partial charge in [-0.3, -0.25) is 0 Å². The number of benzene rings is 1. The van der Waals surface area contributed by atoms with Gasteiger partial charge in [-0.25, -0.2) is 0 Å². The van der Waals surface area contributed by atoms with Crippen LogP contribution in [0.25, 0.3) is 0 Å². The SMILES string of the molecule is CCOc1ccccc1CNC[C@@H]1CN(C)CCO1. The normalized spacial score (nSPS) is 20.4. The van der Waals surface area contributed by atoms with Crippen LogP contribution in [0.4, 0.5) is 0 Å². The second kappa shape index (κ2) is 7.48. The van der Waals surface area contributed by atoms with Crippen LogP contribution in [0.1, 0.15) is 12.5 Å². The van der Waals surface area contributed by atoms with Crippen LogP contribution in [-0.4, -0.2) is 50.9 Å². The van der Waals surface area contributed by atoms with Crippen molar-refractivity contribution in [2.45, 2.75) is 19.6 Å². The maximum Gasteiger partial charge on any atom is 0.123 e. The van der Waals surface area contributed by atoms with Crippen molar-refractivity contribution < 1.29 is 9.47 Å². The Balaban J connectivity index is 1.78. The number of likely N-dealkylation sites (N-methyl/N-ethyl adjacent to an activating group) is 1. The quantitative estimate of drug-likeness (QED) is 0.844. The van der Waals surface area contributed by atoms with E-state index >= 15 is 0 Å². The Kier molecular flexibility index (Phi) is 5.63. The largest absolute Gasteiger partial charge is 0.494 e. The molecular weight excluding hydrogens is 240 g/mol. The molecule has 106 valence electrons. The first-order valence-electron chi connectivity index (χ1n) is 7.01. The molecule has 1 heterocycles. The van der Waals surface area contributed by atoms with Crippen LogP contribution in [0.5, 0.6) is 5.75 Å². The highest BCUT2D eigenvalue weighted by Gasteiger charge is 2.17. The fourth-order valence-corrected chi connectivity index (χ4v) is 2.30. The average molecular weight is 264 g/mol. The van der Waals surface area contributed by atoms with Crippen LogP contribution < -0.4 is 10.1 Å². The Hall–Kier alpha value is -1.10. The van der Waals surface area contributed by atoms with Gasteiger partial charge in [-0.15, -0.1) is 0 Å². The number of morpholine rings is 1. The van der Waals surface area contributed by atoms with E-state index in [9.17, 15) is 0 Å². The Morgan fingerprint density at radius 2 is 2.26 bits per heavy atom. The molecule has 0 aliphatic carbocycles. The smallest absolute Gasteiger partial charge is 0.123 e. The molecule has 4 heteroatoms. The van der Waals surface area contributed by atoms with Crippen molar-refractivity contribution in [2.75, 3.05) is 39.9 Å². The van der Waals surface area contributed by atoms with E-state index in [2.05, 4.69) is 23.3 Å². The first kappa shape index (κ1) is 14.3. The molecular formula is C15H24N2O2. The lowest BCUT2D eigenvalue weighted by Gasteiger charge is -2.30. The van der Waals surface area contributed by atoms with Gasteiger partial charge < -0.3 is 19.7 Å². The van der Waals surface area contributed by atoms with Crippen molar-refractivity contribution in [3.63, 3.8) is 0 Å². The van der Waals surface area contributed by atoms with Gasteiger partial charge in [0.2, 0.25) is 0 Å². The number of hydrogen-bond acceptors (Lipinski definition) is 4. The second-order valence-corrected chi connectivity index (χ2v) is 4.93. The number of nitrogens with zero attached hydrogens (tertiary/aromatic N) is 1. The fraction of sp³-hybridized carbons (Fsp3) is 0.600. The molecule has 1 saturated heterocycles. The van der Waals surface area contributed by atoms with E-state index in [1.165, 1.54) is 5.56 Å². The number of ether oxygens (including phenoxy) is 2. The van der Waals surface area contributed by atoms with Crippen molar-refractivity contribution in [3.8, 4) is 5.75 Å². The second-order valence-electron chi connectivity index (χ2n) is 4.93. The standard InChI is InChI=1S/C15H24N2O2/c1-3-18-15-7-5-4-6-13(15)10-16-11-14-12-17(2)8-9-19-14/h4-7,14,16H,3,8-12H2,1-2H3/t14-/m1/s1. The van der Waals surface area contributed by atoms with Crippen molar-refractivity contribution in [1.82, 2.24) is 10.2 Å². The fourth-order valence-electron chi connectivity index (χ4n) is 2.30. The van der Waals surface area contributed by atoms with Crippen molar-refractivity contribution in [1.29, 1.82) is 0 Å². The Morgan fingerprint density at radius 1 is 1.42 bits per heavy atom. The van der Waals surface area contributed by atoms with Gasteiger partial charge in [0.25, 0.3) is 0 Å². The summed E-state index contributed by atoms with van der Waals surface area (Å²) in [5.41, 5.74) is 1.20. The van der Waals surface area contributed by atoms with E-state index in [1.54, 1.807) is 0 Å². The average Bonchev–Trinajstić information content (AvgIpc) is 2.41. The van der Waals surface area contributed by atoms with Gasteiger partial charge in [0.1, 0.15) is 5.75 Å². The summed E-state index contributed by atoms with van der Waals surface area (Å²) < 4.78 is 11.3. The first-order valence-corrected chi connectivity index (χ1v) is 7.01. The summed E-state index contributed by atoms with van der Waals surface area (Å²) in [5.74, 6) is 0.971. The molecule has 1 fully saturated rings. The minimum Gasteiger partial charge on any atom is -0.494 e. The van der Waals surface area contributed by atoms with Gasteiger partial charge in [0.15, 0.2) is 0 Å². The van der Waals surface area contributed by atoms with Crippen LogP contribution in [0, 0.1) is 0 Å². The molecule has 0 amide bonds. The highest BCUT2D eigenvalue weighted by Crippen LogP contribution is 2.17. The van der Waals surface area contributed by atoms with Gasteiger partial charge in [0, 0.05) is 31.7 Å². The lowest BCUT2D eigenvalue weighted by molar-refractivity contribution is -0.0182. The summed E-state index contributed by atoms with van der Waals surface area (Å²) >= 11 is 0. The third-order valence-corrected chi connectivity index (χ3v) is 3.30. The van der Waals surface area contributed by atoms with E-state index in [0.717, 1.165) is 38.5 Å². The van der Waals surface area contributed by atoms with Crippen LogP contribution in [0.3, 0.4) is 0 Å². The van der Waals surface area contributed by atoms with Gasteiger partial charge in [-0.2, -0.15) is 0 Å². The van der Waals surface area contributed by atoms with Crippen LogP contribution in [0.2, 0.25) is 0 Å². The number of nitrogens with one attached hydrogen (secondary N) is 1.